The van der Waals surface area contributed by atoms with Crippen molar-refractivity contribution in [2.45, 2.75) is 0 Å². The minimum atomic E-state index is -1.20. The number of aromatic carboxylic acids is 1. The van der Waals surface area contributed by atoms with Crippen LogP contribution >= 0.6 is 0 Å². The zero-order valence-electron chi connectivity index (χ0n) is 10.6. The highest BCUT2D eigenvalue weighted by atomic mass is 16.6. The minimum Gasteiger partial charge on any atom is -0.478 e. The van der Waals surface area contributed by atoms with Crippen LogP contribution in [0.15, 0.2) is 42.7 Å². The number of hydrogen-bond donors (Lipinski definition) is 1. The third-order valence-electron chi connectivity index (χ3n) is 2.81. The number of nitrogens with zero attached hydrogens (tertiary/aromatic N) is 3. The van der Waals surface area contributed by atoms with Crippen molar-refractivity contribution in [3.63, 3.8) is 0 Å². The molecule has 0 aliphatic heterocycles. The number of carboxylic acid groups (broad SMARTS) is 1. The Bertz CT molecular complexity index is 658. The Balaban J connectivity index is 2.51. The number of nitro groups is 1. The highest BCUT2D eigenvalue weighted by Crippen LogP contribution is 2.32. The van der Waals surface area contributed by atoms with E-state index in [2.05, 4.69) is 4.98 Å². The summed E-state index contributed by atoms with van der Waals surface area (Å²) in [7, 11) is 1.65. The molecule has 7 nitrogen and oxygen atoms in total. The summed E-state index contributed by atoms with van der Waals surface area (Å²) in [5, 5.41) is 20.0. The first-order valence-corrected chi connectivity index (χ1v) is 5.66. The van der Waals surface area contributed by atoms with Gasteiger partial charge in [-0.1, -0.05) is 0 Å². The maximum Gasteiger partial charge on any atom is 0.335 e. The third kappa shape index (κ3) is 2.56. The fourth-order valence-corrected chi connectivity index (χ4v) is 1.78. The number of benzene rings is 1. The van der Waals surface area contributed by atoms with E-state index in [0.29, 0.717) is 11.4 Å². The predicted molar refractivity (Wildman–Crippen MR) is 72.4 cm³/mol. The first kappa shape index (κ1) is 13.5. The molecule has 0 unspecified atom stereocenters. The van der Waals surface area contributed by atoms with E-state index in [9.17, 15) is 14.9 Å². The number of rotatable bonds is 4. The quantitative estimate of drug-likeness (QED) is 0.678. The largest absolute Gasteiger partial charge is 0.478 e. The molecule has 0 saturated carbocycles. The van der Waals surface area contributed by atoms with E-state index >= 15 is 0 Å². The van der Waals surface area contributed by atoms with Gasteiger partial charge in [-0.3, -0.25) is 15.1 Å². The van der Waals surface area contributed by atoms with E-state index < -0.39 is 10.9 Å². The van der Waals surface area contributed by atoms with Crippen LogP contribution in [0.5, 0.6) is 0 Å². The van der Waals surface area contributed by atoms with Gasteiger partial charge in [-0.2, -0.15) is 0 Å². The summed E-state index contributed by atoms with van der Waals surface area (Å²) in [4.78, 5) is 26.9. The van der Waals surface area contributed by atoms with Gasteiger partial charge in [-0.25, -0.2) is 4.79 Å². The Morgan fingerprint density at radius 1 is 1.40 bits per heavy atom. The lowest BCUT2D eigenvalue weighted by molar-refractivity contribution is -0.384. The van der Waals surface area contributed by atoms with E-state index in [0.717, 1.165) is 6.07 Å². The minimum absolute atomic E-state index is 0.125. The molecule has 1 aromatic carbocycles. The zero-order valence-corrected chi connectivity index (χ0v) is 10.6. The summed E-state index contributed by atoms with van der Waals surface area (Å²) in [6.45, 7) is 0. The van der Waals surface area contributed by atoms with E-state index in [1.54, 1.807) is 36.5 Å². The van der Waals surface area contributed by atoms with E-state index in [4.69, 9.17) is 5.11 Å². The molecule has 1 heterocycles. The molecule has 0 saturated heterocycles. The monoisotopic (exact) mass is 273 g/mol. The smallest absolute Gasteiger partial charge is 0.335 e. The topological polar surface area (TPSA) is 96.6 Å². The summed E-state index contributed by atoms with van der Waals surface area (Å²) in [6.07, 6.45) is 3.16. The zero-order chi connectivity index (χ0) is 14.7. The molecule has 0 spiro atoms. The van der Waals surface area contributed by atoms with Crippen LogP contribution < -0.4 is 4.90 Å². The van der Waals surface area contributed by atoms with Gasteiger partial charge in [0.15, 0.2) is 0 Å². The summed E-state index contributed by atoms with van der Waals surface area (Å²) in [5.41, 5.74) is 0.572. The lowest BCUT2D eigenvalue weighted by Crippen LogP contribution is -2.12. The number of aromatic nitrogens is 1. The molecule has 20 heavy (non-hydrogen) atoms. The van der Waals surface area contributed by atoms with Crippen molar-refractivity contribution in [3.05, 3.63) is 58.4 Å². The van der Waals surface area contributed by atoms with Crippen LogP contribution in [0.3, 0.4) is 0 Å². The van der Waals surface area contributed by atoms with Gasteiger partial charge in [0.1, 0.15) is 5.69 Å². The van der Waals surface area contributed by atoms with Crippen molar-refractivity contribution in [2.24, 2.45) is 0 Å². The highest BCUT2D eigenvalue weighted by Gasteiger charge is 2.20. The van der Waals surface area contributed by atoms with Crippen LogP contribution in [-0.2, 0) is 0 Å². The summed E-state index contributed by atoms with van der Waals surface area (Å²) < 4.78 is 0. The van der Waals surface area contributed by atoms with Crippen molar-refractivity contribution >= 4 is 23.0 Å². The fourth-order valence-electron chi connectivity index (χ4n) is 1.78. The number of nitro benzene ring substituents is 1. The van der Waals surface area contributed by atoms with Gasteiger partial charge in [0, 0.05) is 19.3 Å². The molecule has 0 aliphatic carbocycles. The first-order chi connectivity index (χ1) is 9.50. The van der Waals surface area contributed by atoms with Crippen LogP contribution in [0.1, 0.15) is 10.4 Å². The lowest BCUT2D eigenvalue weighted by atomic mass is 10.1. The molecule has 102 valence electrons. The Labute approximate surface area is 114 Å². The SMILES string of the molecule is CN(c1cccnc1)c1ccc(C(=O)O)cc1[N+](=O)[O-]. The van der Waals surface area contributed by atoms with E-state index in [1.807, 2.05) is 0 Å². The molecule has 1 aromatic heterocycles. The molecule has 2 aromatic rings. The van der Waals surface area contributed by atoms with Crippen molar-refractivity contribution < 1.29 is 14.8 Å². The van der Waals surface area contributed by atoms with Gasteiger partial charge in [-0.15, -0.1) is 0 Å². The second-order valence-corrected chi connectivity index (χ2v) is 4.04. The third-order valence-corrected chi connectivity index (χ3v) is 2.81. The first-order valence-electron chi connectivity index (χ1n) is 5.66. The van der Waals surface area contributed by atoms with Gasteiger partial charge >= 0.3 is 5.97 Å². The Kier molecular flexibility index (Phi) is 3.60. The molecule has 1 N–H and O–H groups in total. The van der Waals surface area contributed by atoms with Crippen molar-refractivity contribution in [2.75, 3.05) is 11.9 Å². The number of anilines is 2. The Morgan fingerprint density at radius 2 is 2.15 bits per heavy atom. The van der Waals surface area contributed by atoms with Crippen LogP contribution in [0.25, 0.3) is 0 Å². The number of hydrogen-bond acceptors (Lipinski definition) is 5. The second kappa shape index (κ2) is 5.35. The molecule has 7 heteroatoms. The molecular formula is C13H11N3O4. The molecule has 0 atom stereocenters. The molecule has 0 aliphatic rings. The molecule has 0 radical (unpaired) electrons. The van der Waals surface area contributed by atoms with Gasteiger partial charge in [0.25, 0.3) is 5.69 Å². The molecule has 0 bridgehead atoms. The van der Waals surface area contributed by atoms with E-state index in [1.165, 1.54) is 12.1 Å². The van der Waals surface area contributed by atoms with Crippen molar-refractivity contribution in [1.82, 2.24) is 4.98 Å². The van der Waals surface area contributed by atoms with Gasteiger partial charge < -0.3 is 10.0 Å². The van der Waals surface area contributed by atoms with Gasteiger partial charge in [0.05, 0.1) is 22.4 Å². The number of carbonyl (C=O) groups is 1. The normalized spacial score (nSPS) is 10.1. The van der Waals surface area contributed by atoms with Crippen molar-refractivity contribution in [1.29, 1.82) is 0 Å². The highest BCUT2D eigenvalue weighted by molar-refractivity contribution is 5.90. The molecule has 0 fully saturated rings. The Hall–Kier alpha value is -2.96. The molecule has 0 amide bonds. The van der Waals surface area contributed by atoms with Crippen LogP contribution in [-0.4, -0.2) is 28.0 Å². The molecular weight excluding hydrogens is 262 g/mol. The maximum absolute atomic E-state index is 11.1. The summed E-state index contributed by atoms with van der Waals surface area (Å²) in [6, 6.07) is 7.25. The second-order valence-electron chi connectivity index (χ2n) is 4.04. The van der Waals surface area contributed by atoms with Crippen LogP contribution in [0.2, 0.25) is 0 Å². The number of carboxylic acids is 1. The summed E-state index contributed by atoms with van der Waals surface area (Å²) in [5.74, 6) is -1.20. The Morgan fingerprint density at radius 3 is 2.70 bits per heavy atom. The van der Waals surface area contributed by atoms with E-state index in [-0.39, 0.29) is 11.3 Å². The maximum atomic E-state index is 11.1. The average molecular weight is 273 g/mol. The lowest BCUT2D eigenvalue weighted by Gasteiger charge is -2.18. The van der Waals surface area contributed by atoms with Crippen LogP contribution in [0, 0.1) is 10.1 Å². The predicted octanol–water partition coefficient (Wildman–Crippen LogP) is 2.46. The van der Waals surface area contributed by atoms with Crippen LogP contribution in [0.4, 0.5) is 17.1 Å². The average Bonchev–Trinajstić information content (AvgIpc) is 2.46. The summed E-state index contributed by atoms with van der Waals surface area (Å²) >= 11 is 0. The number of pyridine rings is 1. The fraction of sp³-hybridized carbons (Fsp3) is 0.0769. The van der Waals surface area contributed by atoms with Crippen molar-refractivity contribution in [3.8, 4) is 0 Å². The van der Waals surface area contributed by atoms with Gasteiger partial charge in [0.2, 0.25) is 0 Å². The molecule has 2 rings (SSSR count). The standard InChI is InChI=1S/C13H11N3O4/c1-15(10-3-2-6-14-8-10)11-5-4-9(13(17)18)7-12(11)16(19)20/h2-8H,1H3,(H,17,18). The van der Waals surface area contributed by atoms with Gasteiger partial charge in [-0.05, 0) is 24.3 Å².